The molecule has 1 fully saturated rings. The second-order valence-electron chi connectivity index (χ2n) is 8.60. The molecule has 0 radical (unpaired) electrons. The number of para-hydroxylation sites is 1. The Hall–Kier alpha value is -2.54. The minimum atomic E-state index is -0.260. The second-order valence-corrected chi connectivity index (χ2v) is 9.90. The molecule has 1 saturated carbocycles. The third-order valence-corrected chi connectivity index (χ3v) is 7.46. The van der Waals surface area contributed by atoms with E-state index in [1.165, 1.54) is 36.6 Å². The lowest BCUT2D eigenvalue weighted by Gasteiger charge is -2.27. The Labute approximate surface area is 187 Å². The van der Waals surface area contributed by atoms with E-state index in [-0.39, 0.29) is 17.2 Å². The molecule has 7 heteroatoms. The van der Waals surface area contributed by atoms with Crippen LogP contribution < -0.4 is 4.90 Å². The maximum Gasteiger partial charge on any atom is 0.240 e. The van der Waals surface area contributed by atoms with E-state index in [0.717, 1.165) is 41.7 Å². The zero-order valence-corrected chi connectivity index (χ0v) is 18.8. The number of carbonyl (C=O) groups is 1. The van der Waals surface area contributed by atoms with Crippen LogP contribution >= 0.6 is 11.8 Å². The van der Waals surface area contributed by atoms with Crippen LogP contribution in [0.4, 0.5) is 5.69 Å². The number of nitrogens with zero attached hydrogens (tertiary/aromatic N) is 4. The van der Waals surface area contributed by atoms with Crippen molar-refractivity contribution in [3.05, 3.63) is 48.2 Å². The fraction of sp³-hybridized carbons (Fsp3) is 0.458. The predicted molar refractivity (Wildman–Crippen MR) is 122 cm³/mol. The van der Waals surface area contributed by atoms with Crippen LogP contribution in [0, 0.1) is 0 Å². The molecule has 0 N–H and O–H groups in total. The zero-order valence-electron chi connectivity index (χ0n) is 18.0. The molecule has 2 atom stereocenters. The monoisotopic (exact) mass is 436 g/mol. The van der Waals surface area contributed by atoms with Crippen LogP contribution in [0.15, 0.2) is 52.2 Å². The van der Waals surface area contributed by atoms with Crippen LogP contribution in [0.2, 0.25) is 0 Å². The Morgan fingerprint density at radius 1 is 1.13 bits per heavy atom. The van der Waals surface area contributed by atoms with E-state index < -0.39 is 0 Å². The Kier molecular flexibility index (Phi) is 5.61. The van der Waals surface area contributed by atoms with Crippen LogP contribution in [0.25, 0.3) is 11.6 Å². The quantitative estimate of drug-likeness (QED) is 0.494. The lowest BCUT2D eigenvalue weighted by atomic mass is 9.95. The van der Waals surface area contributed by atoms with E-state index in [1.54, 1.807) is 6.26 Å². The van der Waals surface area contributed by atoms with Gasteiger partial charge in [0.1, 0.15) is 0 Å². The van der Waals surface area contributed by atoms with E-state index in [2.05, 4.69) is 27.8 Å². The summed E-state index contributed by atoms with van der Waals surface area (Å²) in [4.78, 5) is 15.4. The Morgan fingerprint density at radius 3 is 2.71 bits per heavy atom. The van der Waals surface area contributed by atoms with E-state index in [1.807, 2.05) is 42.2 Å². The Bertz CT molecular complexity index is 1060. The van der Waals surface area contributed by atoms with Crippen molar-refractivity contribution in [1.29, 1.82) is 0 Å². The first-order chi connectivity index (χ1) is 15.1. The number of furan rings is 1. The molecule has 5 rings (SSSR count). The maximum atomic E-state index is 13.5. The molecule has 2 unspecified atom stereocenters. The Balaban J connectivity index is 1.42. The van der Waals surface area contributed by atoms with Crippen LogP contribution in [-0.2, 0) is 11.2 Å². The summed E-state index contributed by atoms with van der Waals surface area (Å²) >= 11 is 1.51. The van der Waals surface area contributed by atoms with Gasteiger partial charge >= 0.3 is 0 Å². The van der Waals surface area contributed by atoms with Gasteiger partial charge in [0.05, 0.1) is 11.5 Å². The van der Waals surface area contributed by atoms with Gasteiger partial charge in [0.25, 0.3) is 0 Å². The number of thioether (sulfide) groups is 1. The molecule has 31 heavy (non-hydrogen) atoms. The molecule has 162 valence electrons. The van der Waals surface area contributed by atoms with Crippen molar-refractivity contribution in [2.24, 2.45) is 0 Å². The molecule has 1 aliphatic heterocycles. The molecule has 1 amide bonds. The highest BCUT2D eigenvalue weighted by molar-refractivity contribution is 8.00. The van der Waals surface area contributed by atoms with Gasteiger partial charge in [-0.25, -0.2) is 0 Å². The highest BCUT2D eigenvalue weighted by Gasteiger charge is 2.35. The highest BCUT2D eigenvalue weighted by Crippen LogP contribution is 2.38. The van der Waals surface area contributed by atoms with E-state index in [9.17, 15) is 4.79 Å². The SMILES string of the molecule is CC(Sc1nnc(-c2ccco2)n1C1CCCCC1)C(=O)N1c2ccccc2CC1C. The first-order valence-corrected chi connectivity index (χ1v) is 12.1. The number of hydrogen-bond acceptors (Lipinski definition) is 5. The van der Waals surface area contributed by atoms with Crippen molar-refractivity contribution in [2.45, 2.75) is 74.9 Å². The standard InChI is InChI=1S/C24H28N4O2S/c1-16-15-18-9-6-7-12-20(18)27(16)23(29)17(2)31-24-26-25-22(21-13-8-14-30-21)28(24)19-10-4-3-5-11-19/h6-9,12-14,16-17,19H,3-5,10-11,15H2,1-2H3. The number of aromatic nitrogens is 3. The van der Waals surface area contributed by atoms with Crippen LogP contribution in [-0.4, -0.2) is 32.0 Å². The molecule has 6 nitrogen and oxygen atoms in total. The van der Waals surface area contributed by atoms with Gasteiger partial charge in [-0.05, 0) is 56.9 Å². The molecule has 1 aromatic carbocycles. The third-order valence-electron chi connectivity index (χ3n) is 6.42. The van der Waals surface area contributed by atoms with Gasteiger partial charge in [-0.15, -0.1) is 10.2 Å². The van der Waals surface area contributed by atoms with E-state index >= 15 is 0 Å². The van der Waals surface area contributed by atoms with Crippen LogP contribution in [0.3, 0.4) is 0 Å². The molecule has 0 spiro atoms. The third kappa shape index (κ3) is 3.80. The van der Waals surface area contributed by atoms with Gasteiger partial charge < -0.3 is 9.32 Å². The first-order valence-electron chi connectivity index (χ1n) is 11.2. The summed E-state index contributed by atoms with van der Waals surface area (Å²) < 4.78 is 7.86. The predicted octanol–water partition coefficient (Wildman–Crippen LogP) is 5.50. The summed E-state index contributed by atoms with van der Waals surface area (Å²) in [5.41, 5.74) is 2.28. The minimum absolute atomic E-state index is 0.125. The lowest BCUT2D eigenvalue weighted by Crippen LogP contribution is -2.40. The minimum Gasteiger partial charge on any atom is -0.461 e. The summed E-state index contributed by atoms with van der Waals surface area (Å²) in [5, 5.41) is 9.52. The van der Waals surface area contributed by atoms with Crippen LogP contribution in [0.1, 0.15) is 57.6 Å². The molecule has 3 heterocycles. The molecule has 1 aliphatic carbocycles. The molecular weight excluding hydrogens is 408 g/mol. The summed E-state index contributed by atoms with van der Waals surface area (Å²) in [5.74, 6) is 1.62. The van der Waals surface area contributed by atoms with Crippen molar-refractivity contribution in [2.75, 3.05) is 4.90 Å². The smallest absolute Gasteiger partial charge is 0.240 e. The molecule has 0 bridgehead atoms. The van der Waals surface area contributed by atoms with Gasteiger partial charge in [-0.1, -0.05) is 49.2 Å². The van der Waals surface area contributed by atoms with Crippen molar-refractivity contribution < 1.29 is 9.21 Å². The Morgan fingerprint density at radius 2 is 1.94 bits per heavy atom. The maximum absolute atomic E-state index is 13.5. The average Bonchev–Trinajstić information content (AvgIpc) is 3.51. The van der Waals surface area contributed by atoms with E-state index in [4.69, 9.17) is 4.42 Å². The lowest BCUT2D eigenvalue weighted by molar-refractivity contribution is -0.118. The molecule has 0 saturated heterocycles. The van der Waals surface area contributed by atoms with Gasteiger partial charge in [0, 0.05) is 17.8 Å². The second kappa shape index (κ2) is 8.54. The summed E-state index contributed by atoms with van der Waals surface area (Å²) in [6.07, 6.45) is 8.48. The summed E-state index contributed by atoms with van der Waals surface area (Å²) in [6, 6.07) is 12.5. The number of benzene rings is 1. The zero-order chi connectivity index (χ0) is 21.4. The fourth-order valence-electron chi connectivity index (χ4n) is 4.91. The number of carbonyl (C=O) groups excluding carboxylic acids is 1. The number of rotatable bonds is 5. The number of fused-ring (bicyclic) bond motifs is 1. The number of hydrogen-bond donors (Lipinski definition) is 0. The number of amides is 1. The van der Waals surface area contributed by atoms with Gasteiger partial charge in [0.2, 0.25) is 11.7 Å². The fourth-order valence-corrected chi connectivity index (χ4v) is 5.87. The van der Waals surface area contributed by atoms with Crippen molar-refractivity contribution >= 4 is 23.4 Å². The normalized spacial score (nSPS) is 20.1. The van der Waals surface area contributed by atoms with Crippen molar-refractivity contribution in [3.8, 4) is 11.6 Å². The van der Waals surface area contributed by atoms with Gasteiger partial charge in [-0.3, -0.25) is 9.36 Å². The molecule has 3 aromatic rings. The number of anilines is 1. The summed E-state index contributed by atoms with van der Waals surface area (Å²) in [7, 11) is 0. The van der Waals surface area contributed by atoms with Crippen LogP contribution in [0.5, 0.6) is 0 Å². The topological polar surface area (TPSA) is 64.2 Å². The van der Waals surface area contributed by atoms with E-state index in [0.29, 0.717) is 6.04 Å². The largest absolute Gasteiger partial charge is 0.461 e. The first kappa shape index (κ1) is 20.4. The molecular formula is C24H28N4O2S. The van der Waals surface area contributed by atoms with Gasteiger partial charge in [-0.2, -0.15) is 0 Å². The average molecular weight is 437 g/mol. The van der Waals surface area contributed by atoms with Gasteiger partial charge in [0.15, 0.2) is 10.9 Å². The van der Waals surface area contributed by atoms with Crippen molar-refractivity contribution in [1.82, 2.24) is 14.8 Å². The van der Waals surface area contributed by atoms with Crippen molar-refractivity contribution in [3.63, 3.8) is 0 Å². The molecule has 2 aliphatic rings. The summed E-state index contributed by atoms with van der Waals surface area (Å²) in [6.45, 7) is 4.10. The highest BCUT2D eigenvalue weighted by atomic mass is 32.2. The molecule has 2 aromatic heterocycles.